The van der Waals surface area contributed by atoms with Gasteiger partial charge in [-0.05, 0) is 6.92 Å². The SMILES string of the molecule is Cc1nc(N[C@H]2C[C@H](Oc3cc(F)c(F)c(F)c3)C2)nc2c1NC(=O)[C@H](CO)N2C. The molecule has 1 aromatic carbocycles. The van der Waals surface area contributed by atoms with Crippen LogP contribution in [0.4, 0.5) is 30.6 Å². The highest BCUT2D eigenvalue weighted by Gasteiger charge is 2.35. The summed E-state index contributed by atoms with van der Waals surface area (Å²) in [6, 6.07) is 0.866. The second-order valence-electron chi connectivity index (χ2n) is 7.38. The van der Waals surface area contributed by atoms with Crippen LogP contribution in [-0.2, 0) is 4.79 Å². The number of carbonyl (C=O) groups is 1. The van der Waals surface area contributed by atoms with Gasteiger partial charge in [0.15, 0.2) is 23.3 Å². The number of fused-ring (bicyclic) bond motifs is 1. The Hall–Kier alpha value is -3.08. The highest BCUT2D eigenvalue weighted by molar-refractivity contribution is 6.03. The van der Waals surface area contributed by atoms with Gasteiger partial charge in [0.05, 0.1) is 12.3 Å². The zero-order valence-corrected chi connectivity index (χ0v) is 16.2. The number of nitrogens with zero attached hydrogens (tertiary/aromatic N) is 3. The van der Waals surface area contributed by atoms with Crippen molar-refractivity contribution in [2.24, 2.45) is 0 Å². The van der Waals surface area contributed by atoms with E-state index in [1.54, 1.807) is 18.9 Å². The van der Waals surface area contributed by atoms with Crippen molar-refractivity contribution in [3.8, 4) is 5.75 Å². The van der Waals surface area contributed by atoms with Gasteiger partial charge < -0.3 is 25.4 Å². The summed E-state index contributed by atoms with van der Waals surface area (Å²) >= 11 is 0. The van der Waals surface area contributed by atoms with Crippen molar-refractivity contribution in [2.75, 3.05) is 29.2 Å². The topological polar surface area (TPSA) is 99.6 Å². The second-order valence-corrected chi connectivity index (χ2v) is 7.38. The molecule has 2 aliphatic rings. The number of aliphatic hydroxyl groups is 1. The maximum atomic E-state index is 13.3. The maximum Gasteiger partial charge on any atom is 0.249 e. The molecule has 0 spiro atoms. The first-order valence-electron chi connectivity index (χ1n) is 9.37. The lowest BCUT2D eigenvalue weighted by molar-refractivity contribution is -0.118. The molecule has 30 heavy (non-hydrogen) atoms. The van der Waals surface area contributed by atoms with Crippen molar-refractivity contribution in [1.82, 2.24) is 9.97 Å². The molecule has 1 amide bonds. The lowest BCUT2D eigenvalue weighted by Gasteiger charge is -2.37. The van der Waals surface area contributed by atoms with Gasteiger partial charge in [-0.3, -0.25) is 4.79 Å². The molecule has 0 bridgehead atoms. The molecular weight excluding hydrogens is 403 g/mol. The first-order chi connectivity index (χ1) is 14.3. The number of ether oxygens (including phenoxy) is 1. The molecule has 1 aliphatic heterocycles. The summed E-state index contributed by atoms with van der Waals surface area (Å²) in [5.74, 6) is -3.67. The van der Waals surface area contributed by atoms with Crippen LogP contribution in [0.15, 0.2) is 12.1 Å². The molecule has 8 nitrogen and oxygen atoms in total. The van der Waals surface area contributed by atoms with Crippen LogP contribution in [0.2, 0.25) is 0 Å². The molecule has 4 rings (SSSR count). The monoisotopic (exact) mass is 423 g/mol. The number of benzene rings is 1. The summed E-state index contributed by atoms with van der Waals surface area (Å²) in [5, 5.41) is 15.3. The normalized spacial score (nSPS) is 22.8. The van der Waals surface area contributed by atoms with Crippen molar-refractivity contribution in [3.63, 3.8) is 0 Å². The molecular formula is C19H20F3N5O3. The number of aromatic nitrogens is 2. The number of halogens is 3. The van der Waals surface area contributed by atoms with E-state index in [0.29, 0.717) is 36.0 Å². The van der Waals surface area contributed by atoms with Gasteiger partial charge in [-0.25, -0.2) is 18.2 Å². The van der Waals surface area contributed by atoms with Gasteiger partial charge in [-0.15, -0.1) is 0 Å². The molecule has 2 heterocycles. The van der Waals surface area contributed by atoms with E-state index in [1.807, 2.05) is 0 Å². The number of aryl methyl sites for hydroxylation is 1. The molecule has 11 heteroatoms. The Bertz CT molecular complexity index is 977. The zero-order chi connectivity index (χ0) is 21.6. The zero-order valence-electron chi connectivity index (χ0n) is 16.2. The van der Waals surface area contributed by atoms with Crippen LogP contribution in [0.25, 0.3) is 0 Å². The standard InChI is InChI=1S/C19H20F3N5O3/c1-8-16-17(27(2)14(7-28)18(29)25-16)26-19(23-8)24-9-3-10(4-9)30-11-5-12(20)15(22)13(21)6-11/h5-6,9-10,14,28H,3-4,7H2,1-2H3,(H,25,29)(H,23,24,26)/t9-,10-,14-/m0/s1. The van der Waals surface area contributed by atoms with Gasteiger partial charge >= 0.3 is 0 Å². The van der Waals surface area contributed by atoms with Gasteiger partial charge in [0, 0.05) is 38.1 Å². The van der Waals surface area contributed by atoms with Gasteiger partial charge in [-0.2, -0.15) is 4.98 Å². The van der Waals surface area contributed by atoms with Crippen molar-refractivity contribution < 1.29 is 27.8 Å². The third-order valence-electron chi connectivity index (χ3n) is 5.28. The average molecular weight is 423 g/mol. The summed E-state index contributed by atoms with van der Waals surface area (Å²) in [5.41, 5.74) is 1.07. The molecule has 1 fully saturated rings. The van der Waals surface area contributed by atoms with E-state index in [4.69, 9.17) is 4.74 Å². The maximum absolute atomic E-state index is 13.3. The van der Waals surface area contributed by atoms with Crippen molar-refractivity contribution in [1.29, 1.82) is 0 Å². The molecule has 0 radical (unpaired) electrons. The fraction of sp³-hybridized carbons (Fsp3) is 0.421. The van der Waals surface area contributed by atoms with Crippen LogP contribution in [-0.4, -0.2) is 52.8 Å². The average Bonchev–Trinajstić information content (AvgIpc) is 2.65. The predicted octanol–water partition coefficient (Wildman–Crippen LogP) is 1.97. The molecule has 0 saturated heterocycles. The molecule has 3 N–H and O–H groups in total. The lowest BCUT2D eigenvalue weighted by atomic mass is 9.89. The molecule has 160 valence electrons. The van der Waals surface area contributed by atoms with Crippen molar-refractivity contribution in [3.05, 3.63) is 35.3 Å². The summed E-state index contributed by atoms with van der Waals surface area (Å²) in [6.45, 7) is 1.39. The van der Waals surface area contributed by atoms with E-state index in [0.717, 1.165) is 12.1 Å². The van der Waals surface area contributed by atoms with Crippen LogP contribution in [0.5, 0.6) is 5.75 Å². The molecule has 1 atom stereocenters. The summed E-state index contributed by atoms with van der Waals surface area (Å²) in [4.78, 5) is 22.5. The Labute approximate surface area is 170 Å². The molecule has 0 unspecified atom stereocenters. The summed E-state index contributed by atoms with van der Waals surface area (Å²) < 4.78 is 45.1. The molecule has 1 aromatic heterocycles. The largest absolute Gasteiger partial charge is 0.490 e. The van der Waals surface area contributed by atoms with Crippen LogP contribution in [0.3, 0.4) is 0 Å². The van der Waals surface area contributed by atoms with E-state index >= 15 is 0 Å². The number of anilines is 3. The Balaban J connectivity index is 1.40. The highest BCUT2D eigenvalue weighted by atomic mass is 19.2. The van der Waals surface area contributed by atoms with Crippen molar-refractivity contribution in [2.45, 2.75) is 38.0 Å². The van der Waals surface area contributed by atoms with Crippen molar-refractivity contribution >= 4 is 23.4 Å². The molecule has 2 aromatic rings. The van der Waals surface area contributed by atoms with Gasteiger partial charge in [-0.1, -0.05) is 0 Å². The predicted molar refractivity (Wildman–Crippen MR) is 102 cm³/mol. The van der Waals surface area contributed by atoms with Gasteiger partial charge in [0.2, 0.25) is 11.9 Å². The third-order valence-corrected chi connectivity index (χ3v) is 5.28. The number of amides is 1. The Kier molecular flexibility index (Phi) is 5.14. The van der Waals surface area contributed by atoms with Crippen LogP contribution < -0.4 is 20.3 Å². The number of likely N-dealkylation sites (N-methyl/N-ethyl adjacent to an activating group) is 1. The minimum Gasteiger partial charge on any atom is -0.490 e. The molecule has 1 aliphatic carbocycles. The van der Waals surface area contributed by atoms with Crippen LogP contribution in [0, 0.1) is 24.4 Å². The Morgan fingerprint density at radius 3 is 2.57 bits per heavy atom. The van der Waals surface area contributed by atoms with Crippen LogP contribution in [0.1, 0.15) is 18.5 Å². The van der Waals surface area contributed by atoms with E-state index in [-0.39, 0.29) is 30.4 Å². The number of aliphatic hydroxyl groups excluding tert-OH is 1. The first kappa shape index (κ1) is 20.2. The summed E-state index contributed by atoms with van der Waals surface area (Å²) in [6.07, 6.45) is 0.781. The van der Waals surface area contributed by atoms with Gasteiger partial charge in [0.1, 0.15) is 23.6 Å². The van der Waals surface area contributed by atoms with Gasteiger partial charge in [0.25, 0.3) is 0 Å². The first-order valence-corrected chi connectivity index (χ1v) is 9.37. The minimum atomic E-state index is -1.53. The molecule has 1 saturated carbocycles. The van der Waals surface area contributed by atoms with E-state index in [9.17, 15) is 23.1 Å². The number of carbonyl (C=O) groups excluding carboxylic acids is 1. The fourth-order valence-corrected chi connectivity index (χ4v) is 3.51. The number of hydrogen-bond donors (Lipinski definition) is 3. The Morgan fingerprint density at radius 1 is 1.27 bits per heavy atom. The van der Waals surface area contributed by atoms with Crippen LogP contribution >= 0.6 is 0 Å². The van der Waals surface area contributed by atoms with E-state index in [1.165, 1.54) is 0 Å². The van der Waals surface area contributed by atoms with E-state index < -0.39 is 23.5 Å². The number of rotatable bonds is 5. The Morgan fingerprint density at radius 2 is 1.93 bits per heavy atom. The minimum absolute atomic E-state index is 0.0280. The highest BCUT2D eigenvalue weighted by Crippen LogP contribution is 2.34. The number of hydrogen-bond acceptors (Lipinski definition) is 7. The quantitative estimate of drug-likeness (QED) is 0.633. The third kappa shape index (κ3) is 3.60. The lowest BCUT2D eigenvalue weighted by Crippen LogP contribution is -2.49. The fourth-order valence-electron chi connectivity index (χ4n) is 3.51. The number of nitrogens with one attached hydrogen (secondary N) is 2. The summed E-state index contributed by atoms with van der Waals surface area (Å²) in [7, 11) is 1.67. The van der Waals surface area contributed by atoms with E-state index in [2.05, 4.69) is 20.6 Å². The second kappa shape index (κ2) is 7.63. The smallest absolute Gasteiger partial charge is 0.249 e.